The van der Waals surface area contributed by atoms with Crippen LogP contribution in [0.15, 0.2) is 65.5 Å². The Morgan fingerprint density at radius 3 is 2.33 bits per heavy atom. The fourth-order valence-electron chi connectivity index (χ4n) is 4.24. The second kappa shape index (κ2) is 11.3. The van der Waals surface area contributed by atoms with E-state index < -0.39 is 46.8 Å². The first-order valence-electron chi connectivity index (χ1n) is 12.2. The minimum absolute atomic E-state index is 0.0576. The monoisotopic (exact) mass is 547 g/mol. The van der Waals surface area contributed by atoms with Crippen LogP contribution in [0.1, 0.15) is 51.3 Å². The third-order valence-electron chi connectivity index (χ3n) is 6.15. The Balaban J connectivity index is 1.72. The number of halogens is 1. The molecule has 0 atom stereocenters. The van der Waals surface area contributed by atoms with E-state index in [-0.39, 0.29) is 12.2 Å². The van der Waals surface area contributed by atoms with Gasteiger partial charge in [-0.15, -0.1) is 4.68 Å². The number of tetrazole rings is 1. The second-order valence-corrected chi connectivity index (χ2v) is 9.29. The van der Waals surface area contributed by atoms with Gasteiger partial charge < -0.3 is 9.84 Å². The third-order valence-corrected chi connectivity index (χ3v) is 6.15. The van der Waals surface area contributed by atoms with Gasteiger partial charge in [-0.1, -0.05) is 42.5 Å². The number of aryl methyl sites for hydroxylation is 2. The summed E-state index contributed by atoms with van der Waals surface area (Å²) in [6.45, 7) is 6.92. The lowest BCUT2D eigenvalue weighted by atomic mass is 10.0. The molecule has 1 amide bonds. The molecule has 11 nitrogen and oxygen atoms in total. The van der Waals surface area contributed by atoms with E-state index in [0.29, 0.717) is 26.2 Å². The molecule has 0 spiro atoms. The molecule has 1 aromatic heterocycles. The number of carbonyl (C=O) groups is 3. The van der Waals surface area contributed by atoms with Crippen molar-refractivity contribution in [1.29, 1.82) is 0 Å². The molecule has 4 rings (SSSR count). The maximum Gasteiger partial charge on any atom is 0.377 e. The van der Waals surface area contributed by atoms with Gasteiger partial charge in [-0.2, -0.15) is 4.68 Å². The van der Waals surface area contributed by atoms with Gasteiger partial charge in [0.15, 0.2) is 0 Å². The number of carboxylic acid groups (broad SMARTS) is 1. The van der Waals surface area contributed by atoms with Gasteiger partial charge in [0.25, 0.3) is 0 Å². The van der Waals surface area contributed by atoms with Gasteiger partial charge in [0.1, 0.15) is 18.1 Å². The van der Waals surface area contributed by atoms with Crippen LogP contribution in [0.3, 0.4) is 0 Å². The standard InChI is InChI=1S/C28H26FN5O6/c1-16(2)32(23-14-21(17(3)13-18(23)4)26(37)40-15-19-9-6-5-7-10-19)27(38)34-28(39)33(30-31-34)24-20(25(35)36)11-8-12-22(24)29/h5-14,16H,15H2,1-4H3,(H,35,36). The summed E-state index contributed by atoms with van der Waals surface area (Å²) in [6, 6.07) is 14.2. The molecule has 0 unspecified atom stereocenters. The van der Waals surface area contributed by atoms with Gasteiger partial charge in [-0.3, -0.25) is 4.90 Å². The Bertz CT molecular complexity index is 1660. The highest BCUT2D eigenvalue weighted by atomic mass is 19.1. The fourth-order valence-corrected chi connectivity index (χ4v) is 4.24. The van der Waals surface area contributed by atoms with Crippen molar-refractivity contribution in [1.82, 2.24) is 19.8 Å². The van der Waals surface area contributed by atoms with Crippen LogP contribution in [0.2, 0.25) is 0 Å². The molecule has 0 saturated carbocycles. The van der Waals surface area contributed by atoms with Crippen LogP contribution in [-0.4, -0.2) is 48.9 Å². The van der Waals surface area contributed by atoms with Gasteiger partial charge in [-0.25, -0.2) is 23.6 Å². The van der Waals surface area contributed by atoms with Crippen molar-refractivity contribution in [3.05, 3.63) is 105 Å². The number of ether oxygens (including phenoxy) is 1. The lowest BCUT2D eigenvalue weighted by molar-refractivity contribution is 0.0471. The quantitative estimate of drug-likeness (QED) is 0.270. The number of benzene rings is 3. The topological polar surface area (TPSA) is 137 Å². The molecular weight excluding hydrogens is 521 g/mol. The molecule has 0 aliphatic rings. The SMILES string of the molecule is Cc1cc(C)c(N(C(=O)n2nnn(-c3c(F)cccc3C(=O)O)c2=O)C(C)C)cc1C(=O)OCc1ccccc1. The number of aromatic nitrogens is 4. The van der Waals surface area contributed by atoms with E-state index in [1.807, 2.05) is 30.3 Å². The van der Waals surface area contributed by atoms with Crippen LogP contribution in [0.4, 0.5) is 14.9 Å². The zero-order valence-electron chi connectivity index (χ0n) is 22.2. The van der Waals surface area contributed by atoms with Crippen LogP contribution in [0, 0.1) is 19.7 Å². The molecule has 4 aromatic rings. The highest BCUT2D eigenvalue weighted by molar-refractivity contribution is 5.98. The molecule has 0 fully saturated rings. The van der Waals surface area contributed by atoms with E-state index in [4.69, 9.17) is 4.74 Å². The van der Waals surface area contributed by atoms with Crippen LogP contribution in [-0.2, 0) is 11.3 Å². The first kappa shape index (κ1) is 27.9. The zero-order valence-corrected chi connectivity index (χ0v) is 22.2. The minimum atomic E-state index is -1.49. The van der Waals surface area contributed by atoms with E-state index in [9.17, 15) is 28.7 Å². The van der Waals surface area contributed by atoms with Gasteiger partial charge >= 0.3 is 23.7 Å². The third kappa shape index (κ3) is 5.37. The molecule has 12 heteroatoms. The minimum Gasteiger partial charge on any atom is -0.478 e. The number of nitrogens with zero attached hydrogens (tertiary/aromatic N) is 5. The molecule has 0 aliphatic heterocycles. The zero-order chi connectivity index (χ0) is 29.1. The van der Waals surface area contributed by atoms with Crippen LogP contribution in [0.5, 0.6) is 0 Å². The van der Waals surface area contributed by atoms with Crippen molar-refractivity contribution >= 4 is 23.7 Å². The number of aromatic carboxylic acids is 1. The van der Waals surface area contributed by atoms with Crippen molar-refractivity contribution in [2.45, 2.75) is 40.3 Å². The number of carboxylic acids is 1. The van der Waals surface area contributed by atoms with Gasteiger partial charge in [0, 0.05) is 11.7 Å². The predicted molar refractivity (Wildman–Crippen MR) is 142 cm³/mol. The Hall–Kier alpha value is -5.13. The number of anilines is 1. The summed E-state index contributed by atoms with van der Waals surface area (Å²) in [5.41, 5.74) is 0.250. The summed E-state index contributed by atoms with van der Waals surface area (Å²) in [6.07, 6.45) is 0. The van der Waals surface area contributed by atoms with Gasteiger partial charge in [-0.05, 0) is 73.0 Å². The van der Waals surface area contributed by atoms with E-state index >= 15 is 0 Å². The summed E-state index contributed by atoms with van der Waals surface area (Å²) in [4.78, 5) is 52.6. The maximum absolute atomic E-state index is 14.6. The van der Waals surface area contributed by atoms with Gasteiger partial charge in [0.05, 0.1) is 11.1 Å². The fraction of sp³-hybridized carbons (Fsp3) is 0.214. The van der Waals surface area contributed by atoms with Crippen molar-refractivity contribution in [2.24, 2.45) is 0 Å². The number of esters is 1. The molecular formula is C28H26FN5O6. The maximum atomic E-state index is 14.6. The van der Waals surface area contributed by atoms with Gasteiger partial charge in [0.2, 0.25) is 0 Å². The lowest BCUT2D eigenvalue weighted by Crippen LogP contribution is -2.45. The largest absolute Gasteiger partial charge is 0.478 e. The second-order valence-electron chi connectivity index (χ2n) is 9.29. The van der Waals surface area contributed by atoms with Crippen LogP contribution >= 0.6 is 0 Å². The number of hydrogen-bond donors (Lipinski definition) is 1. The number of hydrogen-bond acceptors (Lipinski definition) is 7. The molecule has 0 aliphatic carbocycles. The van der Waals surface area contributed by atoms with Crippen molar-refractivity contribution in [3.8, 4) is 5.69 Å². The molecule has 0 bridgehead atoms. The van der Waals surface area contributed by atoms with E-state index in [2.05, 4.69) is 10.4 Å². The first-order chi connectivity index (χ1) is 19.0. The average Bonchev–Trinajstić information content (AvgIpc) is 3.29. The van der Waals surface area contributed by atoms with Crippen molar-refractivity contribution < 1.29 is 28.6 Å². The summed E-state index contributed by atoms with van der Waals surface area (Å²) in [5, 5.41) is 16.6. The highest BCUT2D eigenvalue weighted by Crippen LogP contribution is 2.28. The Labute approximate surface area is 228 Å². The van der Waals surface area contributed by atoms with Crippen molar-refractivity contribution in [3.63, 3.8) is 0 Å². The summed E-state index contributed by atoms with van der Waals surface area (Å²) < 4.78 is 20.9. The normalized spacial score (nSPS) is 10.9. The molecule has 1 heterocycles. The molecule has 40 heavy (non-hydrogen) atoms. The predicted octanol–water partition coefficient (Wildman–Crippen LogP) is 4.12. The smallest absolute Gasteiger partial charge is 0.377 e. The first-order valence-corrected chi connectivity index (χ1v) is 12.2. The van der Waals surface area contributed by atoms with E-state index in [1.54, 1.807) is 33.8 Å². The number of para-hydroxylation sites is 1. The van der Waals surface area contributed by atoms with Crippen molar-refractivity contribution in [2.75, 3.05) is 4.90 Å². The molecule has 0 radical (unpaired) electrons. The summed E-state index contributed by atoms with van der Waals surface area (Å²) >= 11 is 0. The Morgan fingerprint density at radius 2 is 1.68 bits per heavy atom. The molecule has 206 valence electrons. The molecule has 3 aromatic carbocycles. The van der Waals surface area contributed by atoms with Crippen LogP contribution < -0.4 is 10.6 Å². The van der Waals surface area contributed by atoms with Crippen LogP contribution in [0.25, 0.3) is 5.69 Å². The average molecular weight is 548 g/mol. The number of carbonyl (C=O) groups excluding carboxylic acids is 2. The van der Waals surface area contributed by atoms with E-state index in [1.165, 1.54) is 17.0 Å². The summed E-state index contributed by atoms with van der Waals surface area (Å²) in [7, 11) is 0. The highest BCUT2D eigenvalue weighted by Gasteiger charge is 2.29. The number of amides is 1. The molecule has 0 saturated heterocycles. The Morgan fingerprint density at radius 1 is 0.975 bits per heavy atom. The van der Waals surface area contributed by atoms with E-state index in [0.717, 1.165) is 17.7 Å². The molecule has 1 N–H and O–H groups in total. The Kier molecular flexibility index (Phi) is 7.89. The lowest BCUT2D eigenvalue weighted by Gasteiger charge is -2.28. The number of rotatable bonds is 7. The summed E-state index contributed by atoms with van der Waals surface area (Å²) in [5.74, 6) is -3.12.